The number of amides is 1. The summed E-state index contributed by atoms with van der Waals surface area (Å²) in [4.78, 5) is 12.2. The lowest BCUT2D eigenvalue weighted by molar-refractivity contribution is -0.120. The fourth-order valence-corrected chi connectivity index (χ4v) is 5.24. The van der Waals surface area contributed by atoms with Gasteiger partial charge in [0, 0.05) is 19.8 Å². The molecule has 1 N–H and O–H groups in total. The maximum atomic E-state index is 12.5. The number of ether oxygens (including phenoxy) is 1. The van der Waals surface area contributed by atoms with E-state index in [1.54, 1.807) is 0 Å². The molecule has 120 valence electrons. The van der Waals surface area contributed by atoms with Gasteiger partial charge in [-0.15, -0.1) is 0 Å². The second-order valence-corrected chi connectivity index (χ2v) is 9.45. The molecule has 0 aromatic carbocycles. The Kier molecular flexibility index (Phi) is 4.03. The zero-order valence-corrected chi connectivity index (χ0v) is 13.5. The van der Waals surface area contributed by atoms with Gasteiger partial charge < -0.3 is 10.1 Å². The Labute approximate surface area is 126 Å². The molecule has 1 unspecified atom stereocenters. The minimum absolute atomic E-state index is 0.303. The van der Waals surface area contributed by atoms with E-state index >= 15 is 0 Å². The van der Waals surface area contributed by atoms with Crippen LogP contribution >= 0.6 is 0 Å². The van der Waals surface area contributed by atoms with Gasteiger partial charge >= 0.3 is 0 Å². The molecule has 2 aliphatic carbocycles. The molecule has 1 heterocycles. The number of sulfone groups is 1. The molecule has 3 rings (SSSR count). The first-order chi connectivity index (χ1) is 9.96. The molecule has 0 radical (unpaired) electrons. The fourth-order valence-electron chi connectivity index (χ4n) is 3.43. The summed E-state index contributed by atoms with van der Waals surface area (Å²) >= 11 is 0. The molecular weight excluding hydrogens is 290 g/mol. The molecule has 1 saturated heterocycles. The molecule has 3 aliphatic rings. The summed E-state index contributed by atoms with van der Waals surface area (Å²) in [6, 6.07) is 0. The summed E-state index contributed by atoms with van der Waals surface area (Å²) in [5.41, 5.74) is 0.303. The predicted molar refractivity (Wildman–Crippen MR) is 79.6 cm³/mol. The van der Waals surface area contributed by atoms with E-state index in [0.29, 0.717) is 38.0 Å². The van der Waals surface area contributed by atoms with E-state index in [-0.39, 0.29) is 5.91 Å². The maximum Gasteiger partial charge on any atom is 0.238 e. The van der Waals surface area contributed by atoms with E-state index in [4.69, 9.17) is 4.74 Å². The van der Waals surface area contributed by atoms with Gasteiger partial charge in [-0.3, -0.25) is 4.79 Å². The Morgan fingerprint density at radius 2 is 1.86 bits per heavy atom. The van der Waals surface area contributed by atoms with E-state index in [0.717, 1.165) is 5.92 Å². The number of hydrogen-bond donors (Lipinski definition) is 1. The van der Waals surface area contributed by atoms with Crippen LogP contribution in [0, 0.1) is 11.3 Å². The van der Waals surface area contributed by atoms with Crippen LogP contribution in [0.5, 0.6) is 0 Å². The van der Waals surface area contributed by atoms with Crippen LogP contribution in [-0.4, -0.2) is 44.6 Å². The summed E-state index contributed by atoms with van der Waals surface area (Å²) in [7, 11) is -3.41. The zero-order chi connectivity index (χ0) is 15.1. The van der Waals surface area contributed by atoms with Gasteiger partial charge in [0.15, 0.2) is 9.84 Å². The molecule has 1 amide bonds. The fraction of sp³-hybridized carbons (Fsp3) is 0.933. The molecule has 2 saturated carbocycles. The van der Waals surface area contributed by atoms with Crippen molar-refractivity contribution < 1.29 is 17.9 Å². The van der Waals surface area contributed by atoms with Gasteiger partial charge in [0.05, 0.1) is 5.25 Å². The molecule has 21 heavy (non-hydrogen) atoms. The Morgan fingerprint density at radius 1 is 1.24 bits per heavy atom. The topological polar surface area (TPSA) is 72.5 Å². The van der Waals surface area contributed by atoms with Gasteiger partial charge in [-0.1, -0.05) is 0 Å². The second kappa shape index (κ2) is 5.54. The maximum absolute atomic E-state index is 12.5. The smallest absolute Gasteiger partial charge is 0.238 e. The first-order valence-electron chi connectivity index (χ1n) is 8.04. The number of hydrogen-bond acceptors (Lipinski definition) is 4. The Morgan fingerprint density at radius 3 is 2.38 bits per heavy atom. The van der Waals surface area contributed by atoms with E-state index in [2.05, 4.69) is 5.32 Å². The van der Waals surface area contributed by atoms with Crippen molar-refractivity contribution in [2.45, 2.75) is 55.9 Å². The van der Waals surface area contributed by atoms with Gasteiger partial charge in [-0.05, 0) is 56.8 Å². The third-order valence-corrected chi connectivity index (χ3v) is 8.05. The molecular formula is C15H25NO4S. The summed E-state index contributed by atoms with van der Waals surface area (Å²) < 4.78 is 30.2. The lowest BCUT2D eigenvalue weighted by Crippen LogP contribution is -2.45. The Hall–Kier alpha value is -0.620. The molecule has 6 heteroatoms. The lowest BCUT2D eigenvalue weighted by atomic mass is 10.0. The van der Waals surface area contributed by atoms with Crippen LogP contribution in [0.2, 0.25) is 0 Å². The van der Waals surface area contributed by atoms with Crippen molar-refractivity contribution in [2.75, 3.05) is 19.8 Å². The minimum Gasteiger partial charge on any atom is -0.381 e. The number of carbonyl (C=O) groups excluding carboxylic acids is 1. The van der Waals surface area contributed by atoms with Crippen LogP contribution in [0.25, 0.3) is 0 Å². The molecule has 1 aliphatic heterocycles. The number of rotatable bonds is 6. The van der Waals surface area contributed by atoms with E-state index < -0.39 is 20.3 Å². The standard InChI is InChI=1S/C15H25NO4S/c1-11(21(18,19)13-4-8-20-9-5-13)14(17)16-10-15(6-7-15)12-2-3-12/h11-13H,2-10H2,1H3,(H,16,17). The first kappa shape index (κ1) is 15.3. The number of carbonyl (C=O) groups is 1. The monoisotopic (exact) mass is 315 g/mol. The van der Waals surface area contributed by atoms with Gasteiger partial charge in [-0.2, -0.15) is 0 Å². The highest BCUT2D eigenvalue weighted by atomic mass is 32.2. The molecule has 5 nitrogen and oxygen atoms in total. The highest BCUT2D eigenvalue weighted by molar-refractivity contribution is 7.93. The van der Waals surface area contributed by atoms with Gasteiger partial charge in [0.25, 0.3) is 0 Å². The second-order valence-electron chi connectivity index (χ2n) is 6.90. The molecule has 3 fully saturated rings. The predicted octanol–water partition coefficient (Wildman–Crippen LogP) is 1.28. The Bertz CT molecular complexity index is 502. The van der Waals surface area contributed by atoms with Crippen molar-refractivity contribution in [3.63, 3.8) is 0 Å². The van der Waals surface area contributed by atoms with Crippen LogP contribution in [-0.2, 0) is 19.4 Å². The average Bonchev–Trinajstić information content (AvgIpc) is 3.37. The lowest BCUT2D eigenvalue weighted by Gasteiger charge is -2.25. The molecule has 1 atom stereocenters. The van der Waals surface area contributed by atoms with Crippen molar-refractivity contribution in [3.05, 3.63) is 0 Å². The number of nitrogens with one attached hydrogen (secondary N) is 1. The van der Waals surface area contributed by atoms with Crippen molar-refractivity contribution in [3.8, 4) is 0 Å². The third kappa shape index (κ3) is 3.11. The third-order valence-electron chi connectivity index (χ3n) is 5.45. The summed E-state index contributed by atoms with van der Waals surface area (Å²) in [5, 5.41) is 1.53. The van der Waals surface area contributed by atoms with Gasteiger partial charge in [0.2, 0.25) is 5.91 Å². The van der Waals surface area contributed by atoms with Crippen LogP contribution in [0.4, 0.5) is 0 Å². The summed E-state index contributed by atoms with van der Waals surface area (Å²) in [6.07, 6.45) is 5.91. The zero-order valence-electron chi connectivity index (χ0n) is 12.6. The highest BCUT2D eigenvalue weighted by Gasteiger charge is 2.53. The van der Waals surface area contributed by atoms with Crippen molar-refractivity contribution in [1.29, 1.82) is 0 Å². The van der Waals surface area contributed by atoms with E-state index in [9.17, 15) is 13.2 Å². The van der Waals surface area contributed by atoms with Crippen molar-refractivity contribution >= 4 is 15.7 Å². The largest absolute Gasteiger partial charge is 0.381 e. The molecule has 0 spiro atoms. The quantitative estimate of drug-likeness (QED) is 0.801. The Balaban J connectivity index is 1.55. The molecule has 0 bridgehead atoms. The van der Waals surface area contributed by atoms with Crippen molar-refractivity contribution in [1.82, 2.24) is 5.32 Å². The average molecular weight is 315 g/mol. The normalized spacial score (nSPS) is 27.1. The van der Waals surface area contributed by atoms with Crippen LogP contribution in [0.1, 0.15) is 45.4 Å². The highest BCUT2D eigenvalue weighted by Crippen LogP contribution is 2.60. The van der Waals surface area contributed by atoms with Gasteiger partial charge in [0.1, 0.15) is 5.25 Å². The summed E-state index contributed by atoms with van der Waals surface area (Å²) in [6.45, 7) is 3.13. The molecule has 0 aromatic heterocycles. The van der Waals surface area contributed by atoms with E-state index in [1.807, 2.05) is 0 Å². The van der Waals surface area contributed by atoms with Crippen LogP contribution in [0.15, 0.2) is 0 Å². The first-order valence-corrected chi connectivity index (χ1v) is 9.65. The van der Waals surface area contributed by atoms with E-state index in [1.165, 1.54) is 32.6 Å². The SMILES string of the molecule is CC(C(=O)NCC1(C2CC2)CC1)S(=O)(=O)C1CCOCC1. The van der Waals surface area contributed by atoms with Crippen LogP contribution < -0.4 is 5.32 Å². The van der Waals surface area contributed by atoms with Gasteiger partial charge in [-0.25, -0.2) is 8.42 Å². The molecule has 0 aromatic rings. The van der Waals surface area contributed by atoms with Crippen molar-refractivity contribution in [2.24, 2.45) is 11.3 Å². The minimum atomic E-state index is -3.41. The summed E-state index contributed by atoms with van der Waals surface area (Å²) in [5.74, 6) is 0.439. The van der Waals surface area contributed by atoms with Crippen LogP contribution in [0.3, 0.4) is 0 Å².